The van der Waals surface area contributed by atoms with Crippen molar-refractivity contribution in [3.8, 4) is 11.5 Å². The Kier molecular flexibility index (Phi) is 7.78. The highest BCUT2D eigenvalue weighted by molar-refractivity contribution is 9.10. The normalized spacial score (nSPS) is 21.7. The molecule has 4 rings (SSSR count). The summed E-state index contributed by atoms with van der Waals surface area (Å²) in [5, 5.41) is 0. The maximum atomic E-state index is 13.1. The van der Waals surface area contributed by atoms with E-state index < -0.39 is 0 Å². The Morgan fingerprint density at radius 1 is 0.903 bits per heavy atom. The van der Waals surface area contributed by atoms with E-state index in [1.54, 1.807) is 24.3 Å². The predicted octanol–water partition coefficient (Wildman–Crippen LogP) is 6.16. The van der Waals surface area contributed by atoms with Crippen LogP contribution in [-0.2, 0) is 9.47 Å². The summed E-state index contributed by atoms with van der Waals surface area (Å²) in [7, 11) is 0. The van der Waals surface area contributed by atoms with Crippen LogP contribution < -0.4 is 9.47 Å². The van der Waals surface area contributed by atoms with Crippen LogP contribution in [0, 0.1) is 0 Å². The van der Waals surface area contributed by atoms with E-state index in [4.69, 9.17) is 18.9 Å². The molecule has 5 nitrogen and oxygen atoms in total. The molecule has 6 heteroatoms. The molecule has 2 atom stereocenters. The Morgan fingerprint density at radius 2 is 1.58 bits per heavy atom. The molecule has 0 aliphatic carbocycles. The molecule has 0 amide bonds. The summed E-state index contributed by atoms with van der Waals surface area (Å²) >= 11 is 3.42. The lowest BCUT2D eigenvalue weighted by Gasteiger charge is -2.25. The van der Waals surface area contributed by atoms with Gasteiger partial charge in [0.05, 0.1) is 18.8 Å². The maximum Gasteiger partial charge on any atom is 0.199 e. The molecule has 2 aromatic rings. The van der Waals surface area contributed by atoms with Crippen LogP contribution in [0.2, 0.25) is 0 Å². The van der Waals surface area contributed by atoms with Crippen molar-refractivity contribution in [3.05, 3.63) is 64.1 Å². The number of hydrogen-bond acceptors (Lipinski definition) is 5. The first-order valence-electron chi connectivity index (χ1n) is 10.9. The third-order valence-electron chi connectivity index (χ3n) is 5.32. The SMILES string of the molecule is O=C(/C=C/c1ccc(Br)cc1)c1cc(OC2CCCCO2)ccc1OC1CCCCO1. The second-order valence-corrected chi connectivity index (χ2v) is 8.65. The van der Waals surface area contributed by atoms with Crippen LogP contribution in [0.4, 0.5) is 0 Å². The lowest BCUT2D eigenvalue weighted by molar-refractivity contribution is -0.107. The fourth-order valence-electron chi connectivity index (χ4n) is 3.61. The van der Waals surface area contributed by atoms with Crippen LogP contribution in [0.3, 0.4) is 0 Å². The number of carbonyl (C=O) groups excluding carboxylic acids is 1. The van der Waals surface area contributed by atoms with Gasteiger partial charge >= 0.3 is 0 Å². The van der Waals surface area contributed by atoms with Gasteiger partial charge in [-0.3, -0.25) is 4.79 Å². The molecule has 0 bridgehead atoms. The van der Waals surface area contributed by atoms with Crippen molar-refractivity contribution in [2.45, 2.75) is 51.1 Å². The monoisotopic (exact) mass is 486 g/mol. The molecule has 164 valence electrons. The number of ketones is 1. The highest BCUT2D eigenvalue weighted by atomic mass is 79.9. The van der Waals surface area contributed by atoms with E-state index in [1.807, 2.05) is 30.3 Å². The molecule has 2 aromatic carbocycles. The van der Waals surface area contributed by atoms with Crippen molar-refractivity contribution >= 4 is 27.8 Å². The van der Waals surface area contributed by atoms with Gasteiger partial charge in [0.15, 0.2) is 18.4 Å². The fourth-order valence-corrected chi connectivity index (χ4v) is 3.88. The molecule has 2 unspecified atom stereocenters. The van der Waals surface area contributed by atoms with Gasteiger partial charge in [0, 0.05) is 17.3 Å². The zero-order chi connectivity index (χ0) is 21.5. The Hall–Kier alpha value is -2.15. The van der Waals surface area contributed by atoms with Gasteiger partial charge in [0.1, 0.15) is 11.5 Å². The van der Waals surface area contributed by atoms with Gasteiger partial charge in [0.25, 0.3) is 0 Å². The Balaban J connectivity index is 1.54. The van der Waals surface area contributed by atoms with Crippen molar-refractivity contribution in [2.75, 3.05) is 13.2 Å². The van der Waals surface area contributed by atoms with Gasteiger partial charge in [-0.05, 0) is 67.7 Å². The molecule has 31 heavy (non-hydrogen) atoms. The molecule has 0 spiro atoms. The lowest BCUT2D eigenvalue weighted by atomic mass is 10.1. The molecule has 0 saturated carbocycles. The van der Waals surface area contributed by atoms with Gasteiger partial charge in [-0.1, -0.05) is 34.1 Å². The van der Waals surface area contributed by atoms with Crippen LogP contribution in [-0.4, -0.2) is 31.6 Å². The van der Waals surface area contributed by atoms with E-state index in [9.17, 15) is 4.79 Å². The van der Waals surface area contributed by atoms with Crippen molar-refractivity contribution < 1.29 is 23.7 Å². The van der Waals surface area contributed by atoms with Gasteiger partial charge in [-0.15, -0.1) is 0 Å². The topological polar surface area (TPSA) is 54.0 Å². The van der Waals surface area contributed by atoms with Crippen LogP contribution >= 0.6 is 15.9 Å². The lowest BCUT2D eigenvalue weighted by Crippen LogP contribution is -2.26. The molecular weight excluding hydrogens is 460 g/mol. The van der Waals surface area contributed by atoms with Crippen LogP contribution in [0.5, 0.6) is 11.5 Å². The third kappa shape index (κ3) is 6.42. The fraction of sp³-hybridized carbons (Fsp3) is 0.400. The molecule has 0 aromatic heterocycles. The second kappa shape index (κ2) is 10.9. The predicted molar refractivity (Wildman–Crippen MR) is 122 cm³/mol. The summed E-state index contributed by atoms with van der Waals surface area (Å²) in [6.07, 6.45) is 8.64. The summed E-state index contributed by atoms with van der Waals surface area (Å²) in [5.74, 6) is 0.960. The van der Waals surface area contributed by atoms with Crippen molar-refractivity contribution in [1.82, 2.24) is 0 Å². The van der Waals surface area contributed by atoms with E-state index in [0.29, 0.717) is 30.3 Å². The number of allylic oxidation sites excluding steroid dienone is 1. The van der Waals surface area contributed by atoms with E-state index in [1.165, 1.54) is 0 Å². The molecule has 0 radical (unpaired) electrons. The summed E-state index contributed by atoms with van der Waals surface area (Å²) in [4.78, 5) is 13.1. The van der Waals surface area contributed by atoms with Crippen molar-refractivity contribution in [1.29, 1.82) is 0 Å². The zero-order valence-electron chi connectivity index (χ0n) is 17.4. The number of benzene rings is 2. The van der Waals surface area contributed by atoms with E-state index in [-0.39, 0.29) is 18.4 Å². The number of rotatable bonds is 7. The van der Waals surface area contributed by atoms with Gasteiger partial charge in [0.2, 0.25) is 0 Å². The Bertz CT molecular complexity index is 897. The Labute approximate surface area is 191 Å². The molecule has 2 fully saturated rings. The van der Waals surface area contributed by atoms with E-state index in [0.717, 1.165) is 48.6 Å². The molecular formula is C25H27BrO5. The number of hydrogen-bond donors (Lipinski definition) is 0. The third-order valence-corrected chi connectivity index (χ3v) is 5.84. The largest absolute Gasteiger partial charge is 0.465 e. The first kappa shape index (κ1) is 22.1. The maximum absolute atomic E-state index is 13.1. The number of halogens is 1. The number of carbonyl (C=O) groups is 1. The minimum atomic E-state index is -0.329. The van der Waals surface area contributed by atoms with Crippen molar-refractivity contribution in [2.24, 2.45) is 0 Å². The molecule has 2 aliphatic rings. The second-order valence-electron chi connectivity index (χ2n) is 7.74. The smallest absolute Gasteiger partial charge is 0.199 e. The zero-order valence-corrected chi connectivity index (χ0v) is 19.0. The van der Waals surface area contributed by atoms with E-state index in [2.05, 4.69) is 15.9 Å². The minimum Gasteiger partial charge on any atom is -0.465 e. The Morgan fingerprint density at radius 3 is 2.23 bits per heavy atom. The minimum absolute atomic E-state index is 0.149. The van der Waals surface area contributed by atoms with Crippen LogP contribution in [0.25, 0.3) is 6.08 Å². The summed E-state index contributed by atoms with van der Waals surface area (Å²) in [6, 6.07) is 13.1. The van der Waals surface area contributed by atoms with E-state index >= 15 is 0 Å². The molecule has 0 N–H and O–H groups in total. The van der Waals surface area contributed by atoms with Crippen LogP contribution in [0.15, 0.2) is 53.0 Å². The molecule has 2 aliphatic heterocycles. The highest BCUT2D eigenvalue weighted by Gasteiger charge is 2.21. The summed E-state index contributed by atoms with van der Waals surface area (Å²) in [5.41, 5.74) is 1.40. The van der Waals surface area contributed by atoms with Gasteiger partial charge in [-0.25, -0.2) is 0 Å². The molecule has 2 saturated heterocycles. The first-order valence-corrected chi connectivity index (χ1v) is 11.7. The average Bonchev–Trinajstić information content (AvgIpc) is 2.81. The first-order chi connectivity index (χ1) is 15.2. The average molecular weight is 487 g/mol. The quantitative estimate of drug-likeness (QED) is 0.346. The standard InChI is InChI=1S/C25H27BrO5/c26-19-10-7-18(8-11-19)9-13-22(27)21-17-20(30-24-5-1-3-15-28-24)12-14-23(21)31-25-6-2-4-16-29-25/h7-14,17,24-25H,1-6,15-16H2/b13-9+. The summed E-state index contributed by atoms with van der Waals surface area (Å²) < 4.78 is 24.4. The van der Waals surface area contributed by atoms with Crippen LogP contribution in [0.1, 0.15) is 54.4 Å². The number of ether oxygens (including phenoxy) is 4. The van der Waals surface area contributed by atoms with Gasteiger partial charge < -0.3 is 18.9 Å². The summed E-state index contributed by atoms with van der Waals surface area (Å²) in [6.45, 7) is 1.38. The highest BCUT2D eigenvalue weighted by Crippen LogP contribution is 2.30. The van der Waals surface area contributed by atoms with Crippen molar-refractivity contribution in [3.63, 3.8) is 0 Å². The van der Waals surface area contributed by atoms with Gasteiger partial charge in [-0.2, -0.15) is 0 Å². The molecule has 2 heterocycles.